The van der Waals surface area contributed by atoms with E-state index >= 15 is 0 Å². The van der Waals surface area contributed by atoms with Crippen LogP contribution in [0.4, 0.5) is 14.5 Å². The van der Waals surface area contributed by atoms with Crippen LogP contribution in [0.25, 0.3) is 0 Å². The highest BCUT2D eigenvalue weighted by atomic mass is 32.2. The zero-order chi connectivity index (χ0) is 19.6. The number of amides is 1. The Bertz CT molecular complexity index is 953. The Morgan fingerprint density at radius 2 is 1.74 bits per heavy atom. The number of methoxy groups -OCH3 is 1. The number of likely N-dealkylation sites (tertiary alicyclic amines) is 1. The molecule has 1 saturated heterocycles. The highest BCUT2D eigenvalue weighted by molar-refractivity contribution is 7.92. The van der Waals surface area contributed by atoms with Crippen molar-refractivity contribution >= 4 is 21.6 Å². The van der Waals surface area contributed by atoms with Crippen molar-refractivity contribution in [2.45, 2.75) is 17.7 Å². The molecule has 0 aromatic heterocycles. The van der Waals surface area contributed by atoms with Gasteiger partial charge in [-0.2, -0.15) is 0 Å². The molecule has 0 unspecified atom stereocenters. The number of hydrogen-bond donors (Lipinski definition) is 1. The lowest BCUT2D eigenvalue weighted by Crippen LogP contribution is -2.28. The molecule has 6 nitrogen and oxygen atoms in total. The average Bonchev–Trinajstić information content (AvgIpc) is 3.18. The smallest absolute Gasteiger partial charge is 0.262 e. The first-order chi connectivity index (χ1) is 12.8. The average molecular weight is 396 g/mol. The zero-order valence-electron chi connectivity index (χ0n) is 14.5. The van der Waals surface area contributed by atoms with Gasteiger partial charge in [0.15, 0.2) is 0 Å². The molecule has 1 N–H and O–H groups in total. The van der Waals surface area contributed by atoms with Gasteiger partial charge in [0.2, 0.25) is 0 Å². The van der Waals surface area contributed by atoms with Crippen molar-refractivity contribution in [3.05, 3.63) is 53.6 Å². The van der Waals surface area contributed by atoms with E-state index in [1.807, 2.05) is 4.72 Å². The second-order valence-corrected chi connectivity index (χ2v) is 7.75. The largest absolute Gasteiger partial charge is 0.496 e. The van der Waals surface area contributed by atoms with Crippen molar-refractivity contribution in [1.82, 2.24) is 4.90 Å². The number of anilines is 1. The van der Waals surface area contributed by atoms with E-state index in [9.17, 15) is 22.0 Å². The molecule has 1 aliphatic heterocycles. The van der Waals surface area contributed by atoms with E-state index in [0.29, 0.717) is 13.1 Å². The normalized spacial score (nSPS) is 14.3. The van der Waals surface area contributed by atoms with Crippen molar-refractivity contribution < 1.29 is 26.7 Å². The van der Waals surface area contributed by atoms with Gasteiger partial charge in [-0.3, -0.25) is 9.52 Å². The number of nitrogens with one attached hydrogen (secondary N) is 1. The number of hydrogen-bond acceptors (Lipinski definition) is 4. The van der Waals surface area contributed by atoms with Gasteiger partial charge in [0.1, 0.15) is 23.1 Å². The second-order valence-electron chi connectivity index (χ2n) is 6.06. The van der Waals surface area contributed by atoms with Crippen LogP contribution in [0.5, 0.6) is 5.75 Å². The van der Waals surface area contributed by atoms with Gasteiger partial charge in [-0.1, -0.05) is 6.07 Å². The minimum atomic E-state index is -4.32. The van der Waals surface area contributed by atoms with E-state index in [1.165, 1.54) is 19.2 Å². The predicted molar refractivity (Wildman–Crippen MR) is 95.3 cm³/mol. The maximum atomic E-state index is 13.8. The molecule has 1 heterocycles. The van der Waals surface area contributed by atoms with Gasteiger partial charge in [0.05, 0.1) is 17.6 Å². The fourth-order valence-corrected chi connectivity index (χ4v) is 4.00. The number of nitrogens with zero attached hydrogens (tertiary/aromatic N) is 1. The first-order valence-electron chi connectivity index (χ1n) is 8.27. The first-order valence-corrected chi connectivity index (χ1v) is 9.76. The van der Waals surface area contributed by atoms with E-state index in [2.05, 4.69) is 0 Å². The number of rotatable bonds is 5. The summed E-state index contributed by atoms with van der Waals surface area (Å²) in [6.45, 7) is 1.16. The fourth-order valence-electron chi connectivity index (χ4n) is 2.90. The predicted octanol–water partition coefficient (Wildman–Crippen LogP) is 3.01. The van der Waals surface area contributed by atoms with Gasteiger partial charge in [-0.05, 0) is 43.2 Å². The number of ether oxygens (including phenoxy) is 1. The highest BCUT2D eigenvalue weighted by Crippen LogP contribution is 2.28. The Morgan fingerprint density at radius 1 is 1.11 bits per heavy atom. The summed E-state index contributed by atoms with van der Waals surface area (Å²) in [5.41, 5.74) is -0.697. The lowest BCUT2D eigenvalue weighted by Gasteiger charge is -2.18. The maximum absolute atomic E-state index is 13.8. The summed E-state index contributed by atoms with van der Waals surface area (Å²) in [6, 6.07) is 6.72. The number of carbonyl (C=O) groups is 1. The van der Waals surface area contributed by atoms with Crippen LogP contribution in [0.3, 0.4) is 0 Å². The van der Waals surface area contributed by atoms with Crippen molar-refractivity contribution in [2.75, 3.05) is 24.9 Å². The van der Waals surface area contributed by atoms with Gasteiger partial charge in [0, 0.05) is 13.1 Å². The molecule has 0 radical (unpaired) electrons. The van der Waals surface area contributed by atoms with E-state index in [0.717, 1.165) is 37.1 Å². The summed E-state index contributed by atoms with van der Waals surface area (Å²) >= 11 is 0. The Morgan fingerprint density at radius 3 is 2.33 bits per heavy atom. The van der Waals surface area contributed by atoms with Crippen molar-refractivity contribution in [3.8, 4) is 5.75 Å². The van der Waals surface area contributed by atoms with Crippen molar-refractivity contribution in [3.63, 3.8) is 0 Å². The maximum Gasteiger partial charge on any atom is 0.262 e. The summed E-state index contributed by atoms with van der Waals surface area (Å²) < 4.78 is 59.8. The fraction of sp³-hybridized carbons (Fsp3) is 0.278. The SMILES string of the molecule is COc1ccc(S(=O)(=O)Nc2c(F)cccc2F)cc1C(=O)N1CCCC1. The highest BCUT2D eigenvalue weighted by Gasteiger charge is 2.26. The molecule has 3 rings (SSSR count). The van der Waals surface area contributed by atoms with Crippen molar-refractivity contribution in [1.29, 1.82) is 0 Å². The molecule has 144 valence electrons. The number of carbonyl (C=O) groups excluding carboxylic acids is 1. The van der Waals surface area contributed by atoms with E-state index in [1.54, 1.807) is 4.90 Å². The van der Waals surface area contributed by atoms with Crippen LogP contribution in [0.2, 0.25) is 0 Å². The summed E-state index contributed by atoms with van der Waals surface area (Å²) in [5.74, 6) is -2.21. The standard InChI is InChI=1S/C18H18F2N2O4S/c1-26-16-8-7-12(11-13(16)18(23)22-9-2-3-10-22)27(24,25)21-17-14(19)5-4-6-15(17)20/h4-8,11,21H,2-3,9-10H2,1H3. The van der Waals surface area contributed by atoms with Crippen LogP contribution >= 0.6 is 0 Å². The molecule has 1 aliphatic rings. The summed E-state index contributed by atoms with van der Waals surface area (Å²) in [7, 11) is -2.95. The van der Waals surface area contributed by atoms with E-state index in [4.69, 9.17) is 4.74 Å². The third-order valence-corrected chi connectivity index (χ3v) is 5.65. The van der Waals surface area contributed by atoms with Crippen LogP contribution in [0.1, 0.15) is 23.2 Å². The number of sulfonamides is 1. The molecular weight excluding hydrogens is 378 g/mol. The van der Waals surface area contributed by atoms with Crippen LogP contribution in [-0.4, -0.2) is 39.4 Å². The summed E-state index contributed by atoms with van der Waals surface area (Å²) in [5, 5.41) is 0. The van der Waals surface area contributed by atoms with Gasteiger partial charge in [0.25, 0.3) is 15.9 Å². The Kier molecular flexibility index (Phi) is 5.31. The molecule has 27 heavy (non-hydrogen) atoms. The van der Waals surface area contributed by atoms with Crippen LogP contribution in [0, 0.1) is 11.6 Å². The molecule has 9 heteroatoms. The summed E-state index contributed by atoms with van der Waals surface area (Å²) in [4.78, 5) is 14.0. The van der Waals surface area contributed by atoms with E-state index < -0.39 is 27.3 Å². The molecule has 2 aromatic carbocycles. The Labute approximate surface area is 155 Å². The number of para-hydroxylation sites is 1. The molecule has 0 spiro atoms. The minimum Gasteiger partial charge on any atom is -0.496 e. The monoisotopic (exact) mass is 396 g/mol. The molecule has 1 fully saturated rings. The van der Waals surface area contributed by atoms with Crippen LogP contribution in [-0.2, 0) is 10.0 Å². The third kappa shape index (κ3) is 3.87. The van der Waals surface area contributed by atoms with Gasteiger partial charge >= 0.3 is 0 Å². The molecule has 0 atom stereocenters. The molecular formula is C18H18F2N2O4S. The van der Waals surface area contributed by atoms with Crippen LogP contribution in [0.15, 0.2) is 41.3 Å². The number of halogens is 2. The van der Waals surface area contributed by atoms with Gasteiger partial charge < -0.3 is 9.64 Å². The quantitative estimate of drug-likeness (QED) is 0.843. The topological polar surface area (TPSA) is 75.7 Å². The molecule has 0 saturated carbocycles. The third-order valence-electron chi connectivity index (χ3n) is 4.30. The Hall–Kier alpha value is -2.68. The van der Waals surface area contributed by atoms with Gasteiger partial charge in [-0.25, -0.2) is 17.2 Å². The number of benzene rings is 2. The Balaban J connectivity index is 1.98. The molecule has 2 aromatic rings. The summed E-state index contributed by atoms with van der Waals surface area (Å²) in [6.07, 6.45) is 1.75. The first kappa shape index (κ1) is 19.1. The minimum absolute atomic E-state index is 0.0799. The lowest BCUT2D eigenvalue weighted by atomic mass is 10.1. The second kappa shape index (κ2) is 7.51. The molecule has 1 amide bonds. The molecule has 0 aliphatic carbocycles. The molecule has 0 bridgehead atoms. The lowest BCUT2D eigenvalue weighted by molar-refractivity contribution is 0.0789. The van der Waals surface area contributed by atoms with Crippen LogP contribution < -0.4 is 9.46 Å². The van der Waals surface area contributed by atoms with Crippen molar-refractivity contribution in [2.24, 2.45) is 0 Å². The zero-order valence-corrected chi connectivity index (χ0v) is 15.4. The van der Waals surface area contributed by atoms with Gasteiger partial charge in [-0.15, -0.1) is 0 Å². The van der Waals surface area contributed by atoms with E-state index in [-0.39, 0.29) is 22.1 Å².